The molecule has 2 aromatic rings. The average Bonchev–Trinajstić information content (AvgIpc) is 2.71. The molecule has 0 radical (unpaired) electrons. The highest BCUT2D eigenvalue weighted by Gasteiger charge is 2.23. The van der Waals surface area contributed by atoms with Gasteiger partial charge in [0.15, 0.2) is 15.6 Å². The van der Waals surface area contributed by atoms with Gasteiger partial charge in [-0.25, -0.2) is 8.42 Å². The zero-order valence-corrected chi connectivity index (χ0v) is 18.8. The summed E-state index contributed by atoms with van der Waals surface area (Å²) in [4.78, 5) is 20.6. The topological polar surface area (TPSA) is 70.6 Å². The van der Waals surface area contributed by atoms with Crippen molar-refractivity contribution < 1.29 is 13.2 Å². The van der Waals surface area contributed by atoms with E-state index in [0.29, 0.717) is 22.2 Å². The van der Waals surface area contributed by atoms with E-state index in [0.717, 1.165) is 5.56 Å². The number of nitrogens with zero attached hydrogens (tertiary/aromatic N) is 3. The van der Waals surface area contributed by atoms with Crippen LogP contribution >= 0.6 is 24.4 Å². The van der Waals surface area contributed by atoms with E-state index in [-0.39, 0.29) is 12.4 Å². The van der Waals surface area contributed by atoms with Crippen molar-refractivity contribution in [3.8, 4) is 0 Å². The molecule has 29 heavy (non-hydrogen) atoms. The molecule has 1 aromatic carbocycles. The molecule has 0 amide bonds. The van der Waals surface area contributed by atoms with Gasteiger partial charge in [-0.05, 0) is 19.1 Å². The second-order valence-electron chi connectivity index (χ2n) is 6.46. The summed E-state index contributed by atoms with van der Waals surface area (Å²) in [5, 5.41) is 0. The number of sulfone groups is 1. The first-order valence-electron chi connectivity index (χ1n) is 8.96. The number of Topliss-reactive ketones (excluding diaryl/α,β-unsaturated/α-hetero) is 1. The van der Waals surface area contributed by atoms with Crippen molar-refractivity contribution in [2.75, 3.05) is 31.8 Å². The summed E-state index contributed by atoms with van der Waals surface area (Å²) in [6.45, 7) is 2.24. The molecular formula is C20H23N3O3S3. The number of thiocarbonyl (C=S) groups is 2. The monoisotopic (exact) mass is 449 g/mol. The molecule has 0 N–H and O–H groups in total. The predicted molar refractivity (Wildman–Crippen MR) is 123 cm³/mol. The van der Waals surface area contributed by atoms with Crippen LogP contribution in [-0.2, 0) is 14.6 Å². The molecule has 154 valence electrons. The van der Waals surface area contributed by atoms with Crippen molar-refractivity contribution in [3.63, 3.8) is 0 Å². The predicted octanol–water partition coefficient (Wildman–Crippen LogP) is 2.33. The number of hydrogen-bond acceptors (Lipinski definition) is 6. The minimum absolute atomic E-state index is 0.0853. The second kappa shape index (κ2) is 10.5. The van der Waals surface area contributed by atoms with Crippen LogP contribution in [0.1, 0.15) is 18.2 Å². The molecule has 0 saturated carbocycles. The van der Waals surface area contributed by atoms with Crippen molar-refractivity contribution in [1.29, 1.82) is 0 Å². The second-order valence-corrected chi connectivity index (χ2v) is 9.27. The van der Waals surface area contributed by atoms with E-state index in [4.69, 9.17) is 24.4 Å². The lowest BCUT2D eigenvalue weighted by atomic mass is 10.2. The van der Waals surface area contributed by atoms with Gasteiger partial charge < -0.3 is 9.80 Å². The standard InChI is InChI=1S/C20H23N3O3S3/c1-3-23(20(28)18-11-7-8-12-21-18)13-17(24)14-29(25,26)15-22(2)19(27)16-9-5-4-6-10-16/h4-12H,3,13-15H2,1-2H3. The van der Waals surface area contributed by atoms with Gasteiger partial charge in [0.05, 0.1) is 12.2 Å². The Labute approximate surface area is 182 Å². The molecule has 0 atom stereocenters. The Hall–Kier alpha value is -2.23. The molecule has 0 aliphatic rings. The number of carbonyl (C=O) groups excluding carboxylic acids is 1. The summed E-state index contributed by atoms with van der Waals surface area (Å²) in [6.07, 6.45) is 1.62. The van der Waals surface area contributed by atoms with E-state index < -0.39 is 21.4 Å². The fraction of sp³-hybridized carbons (Fsp3) is 0.300. The van der Waals surface area contributed by atoms with E-state index >= 15 is 0 Å². The molecule has 0 spiro atoms. The maximum absolute atomic E-state index is 12.5. The third-order valence-corrected chi connectivity index (χ3v) is 6.62. The van der Waals surface area contributed by atoms with Gasteiger partial charge in [0, 0.05) is 25.4 Å². The molecule has 0 saturated heterocycles. The lowest BCUT2D eigenvalue weighted by Gasteiger charge is -2.23. The summed E-state index contributed by atoms with van der Waals surface area (Å²) in [6, 6.07) is 14.5. The number of carbonyl (C=O) groups is 1. The third kappa shape index (κ3) is 6.95. The van der Waals surface area contributed by atoms with E-state index in [2.05, 4.69) is 4.98 Å². The van der Waals surface area contributed by atoms with Gasteiger partial charge in [-0.3, -0.25) is 9.78 Å². The van der Waals surface area contributed by atoms with Crippen LogP contribution in [0.2, 0.25) is 0 Å². The SMILES string of the molecule is CCN(CC(=O)CS(=O)(=O)CN(C)C(=S)c1ccccc1)C(=S)c1ccccn1. The molecule has 1 aromatic heterocycles. The van der Waals surface area contributed by atoms with E-state index in [1.165, 1.54) is 4.90 Å². The fourth-order valence-electron chi connectivity index (χ4n) is 2.68. The molecule has 0 fully saturated rings. The van der Waals surface area contributed by atoms with Crippen molar-refractivity contribution in [2.45, 2.75) is 6.92 Å². The van der Waals surface area contributed by atoms with Gasteiger partial charge in [-0.15, -0.1) is 0 Å². The summed E-state index contributed by atoms with van der Waals surface area (Å²) in [5.74, 6) is -1.33. The number of rotatable bonds is 9. The zero-order valence-electron chi connectivity index (χ0n) is 16.3. The van der Waals surface area contributed by atoms with Crippen LogP contribution in [0.25, 0.3) is 0 Å². The van der Waals surface area contributed by atoms with Crippen LogP contribution in [0.5, 0.6) is 0 Å². The average molecular weight is 450 g/mol. The molecule has 2 rings (SSSR count). The first-order chi connectivity index (χ1) is 13.7. The highest BCUT2D eigenvalue weighted by molar-refractivity contribution is 7.92. The van der Waals surface area contributed by atoms with Crippen LogP contribution in [-0.4, -0.2) is 70.7 Å². The highest BCUT2D eigenvalue weighted by Crippen LogP contribution is 2.08. The molecule has 0 aliphatic heterocycles. The highest BCUT2D eigenvalue weighted by atomic mass is 32.2. The summed E-state index contributed by atoms with van der Waals surface area (Å²) in [7, 11) is -2.07. The minimum atomic E-state index is -3.67. The van der Waals surface area contributed by atoms with Crippen LogP contribution in [0.4, 0.5) is 0 Å². The summed E-state index contributed by atoms with van der Waals surface area (Å²) < 4.78 is 25.0. The normalized spacial score (nSPS) is 11.0. The molecular weight excluding hydrogens is 426 g/mol. The van der Waals surface area contributed by atoms with Crippen molar-refractivity contribution in [3.05, 3.63) is 66.0 Å². The first-order valence-corrected chi connectivity index (χ1v) is 11.6. The smallest absolute Gasteiger partial charge is 0.175 e. The lowest BCUT2D eigenvalue weighted by Crippen LogP contribution is -2.39. The quantitative estimate of drug-likeness (QED) is 0.540. The zero-order chi connectivity index (χ0) is 21.4. The van der Waals surface area contributed by atoms with Crippen LogP contribution in [0.15, 0.2) is 54.7 Å². The van der Waals surface area contributed by atoms with E-state index in [9.17, 15) is 13.2 Å². The number of hydrogen-bond donors (Lipinski definition) is 0. The minimum Gasteiger partial charge on any atom is -0.354 e. The van der Waals surface area contributed by atoms with Gasteiger partial charge in [0.25, 0.3) is 0 Å². The Bertz CT molecular complexity index is 964. The third-order valence-electron chi connectivity index (χ3n) is 4.06. The lowest BCUT2D eigenvalue weighted by molar-refractivity contribution is -0.117. The van der Waals surface area contributed by atoms with Crippen LogP contribution in [0.3, 0.4) is 0 Å². The maximum Gasteiger partial charge on any atom is 0.175 e. The molecule has 0 unspecified atom stereocenters. The van der Waals surface area contributed by atoms with Gasteiger partial charge in [-0.1, -0.05) is 60.8 Å². The Morgan fingerprint density at radius 1 is 1.03 bits per heavy atom. The van der Waals surface area contributed by atoms with Gasteiger partial charge >= 0.3 is 0 Å². The van der Waals surface area contributed by atoms with Crippen molar-refractivity contribution >= 4 is 50.0 Å². The molecule has 0 aliphatic carbocycles. The number of ketones is 1. The van der Waals surface area contributed by atoms with Gasteiger partial charge in [-0.2, -0.15) is 0 Å². The largest absolute Gasteiger partial charge is 0.354 e. The Kier molecular flexibility index (Phi) is 8.36. The number of likely N-dealkylation sites (N-methyl/N-ethyl adjacent to an activating group) is 1. The van der Waals surface area contributed by atoms with Crippen LogP contribution in [0, 0.1) is 0 Å². The van der Waals surface area contributed by atoms with Gasteiger partial charge in [0.1, 0.15) is 21.6 Å². The molecule has 0 bridgehead atoms. The summed E-state index contributed by atoms with van der Waals surface area (Å²) >= 11 is 10.7. The number of pyridine rings is 1. The fourth-order valence-corrected chi connectivity index (χ4v) is 4.67. The number of aromatic nitrogens is 1. The number of benzene rings is 1. The molecule has 9 heteroatoms. The molecule has 6 nitrogen and oxygen atoms in total. The van der Waals surface area contributed by atoms with E-state index in [1.807, 2.05) is 37.3 Å². The van der Waals surface area contributed by atoms with E-state index in [1.54, 1.807) is 36.3 Å². The Morgan fingerprint density at radius 2 is 1.69 bits per heavy atom. The van der Waals surface area contributed by atoms with Crippen molar-refractivity contribution in [1.82, 2.24) is 14.8 Å². The van der Waals surface area contributed by atoms with Crippen molar-refractivity contribution in [2.24, 2.45) is 0 Å². The Balaban J connectivity index is 1.97. The van der Waals surface area contributed by atoms with Gasteiger partial charge in [0.2, 0.25) is 0 Å². The first kappa shape index (κ1) is 23.1. The van der Waals surface area contributed by atoms with Crippen LogP contribution < -0.4 is 0 Å². The Morgan fingerprint density at radius 3 is 2.28 bits per heavy atom. The summed E-state index contributed by atoms with van der Waals surface area (Å²) in [5.41, 5.74) is 1.33. The maximum atomic E-state index is 12.5. The molecule has 1 heterocycles.